The van der Waals surface area contributed by atoms with Gasteiger partial charge in [0.1, 0.15) is 5.76 Å². The van der Waals surface area contributed by atoms with Gasteiger partial charge in [-0.3, -0.25) is 15.1 Å². The van der Waals surface area contributed by atoms with E-state index in [4.69, 9.17) is 10.3 Å². The summed E-state index contributed by atoms with van der Waals surface area (Å²) in [6.07, 6.45) is 2.73. The summed E-state index contributed by atoms with van der Waals surface area (Å²) in [5, 5.41) is 0. The lowest BCUT2D eigenvalue weighted by Gasteiger charge is -2.19. The van der Waals surface area contributed by atoms with Gasteiger partial charge in [0, 0.05) is 12.6 Å². The van der Waals surface area contributed by atoms with Crippen molar-refractivity contribution >= 4 is 5.91 Å². The molecule has 5 heteroatoms. The summed E-state index contributed by atoms with van der Waals surface area (Å²) < 4.78 is 5.38. The highest BCUT2D eigenvalue weighted by Crippen LogP contribution is 2.25. The lowest BCUT2D eigenvalue weighted by Crippen LogP contribution is -2.32. The first-order chi connectivity index (χ1) is 8.11. The summed E-state index contributed by atoms with van der Waals surface area (Å²) >= 11 is 0. The molecule has 94 valence electrons. The van der Waals surface area contributed by atoms with Crippen LogP contribution in [0.5, 0.6) is 0 Å². The van der Waals surface area contributed by atoms with E-state index in [-0.39, 0.29) is 5.91 Å². The van der Waals surface area contributed by atoms with Gasteiger partial charge in [0.25, 0.3) is 5.91 Å². The minimum atomic E-state index is -0.298. The van der Waals surface area contributed by atoms with Crippen molar-refractivity contribution in [2.75, 3.05) is 6.54 Å². The number of rotatable bonds is 3. The summed E-state index contributed by atoms with van der Waals surface area (Å²) in [7, 11) is 0. The average Bonchev–Trinajstić information content (AvgIpc) is 2.86. The molecule has 0 radical (unpaired) electrons. The van der Waals surface area contributed by atoms with Gasteiger partial charge in [-0.2, -0.15) is 0 Å². The number of amides is 1. The van der Waals surface area contributed by atoms with E-state index in [9.17, 15) is 4.79 Å². The molecule has 0 spiro atoms. The van der Waals surface area contributed by atoms with Gasteiger partial charge in [-0.15, -0.1) is 0 Å². The zero-order valence-corrected chi connectivity index (χ0v) is 10.3. The molecule has 2 unspecified atom stereocenters. The summed E-state index contributed by atoms with van der Waals surface area (Å²) in [5.74, 6) is 6.23. The molecular formula is C12H19N3O2. The van der Waals surface area contributed by atoms with Crippen LogP contribution in [0.1, 0.15) is 36.4 Å². The number of hydrazine groups is 1. The largest absolute Gasteiger partial charge is 0.467 e. The molecule has 5 nitrogen and oxygen atoms in total. The summed E-state index contributed by atoms with van der Waals surface area (Å²) in [6, 6.07) is 2.19. The van der Waals surface area contributed by atoms with Crippen LogP contribution < -0.4 is 11.3 Å². The van der Waals surface area contributed by atoms with Crippen LogP contribution in [0.15, 0.2) is 16.7 Å². The second-order valence-electron chi connectivity index (χ2n) is 4.85. The van der Waals surface area contributed by atoms with E-state index in [1.165, 1.54) is 12.7 Å². The van der Waals surface area contributed by atoms with Crippen molar-refractivity contribution in [3.63, 3.8) is 0 Å². The van der Waals surface area contributed by atoms with Crippen LogP contribution in [-0.4, -0.2) is 23.4 Å². The Morgan fingerprint density at radius 1 is 1.65 bits per heavy atom. The van der Waals surface area contributed by atoms with Gasteiger partial charge in [0.2, 0.25) is 0 Å². The fourth-order valence-corrected chi connectivity index (χ4v) is 2.53. The van der Waals surface area contributed by atoms with Gasteiger partial charge < -0.3 is 4.42 Å². The maximum atomic E-state index is 11.5. The molecule has 1 aromatic rings. The van der Waals surface area contributed by atoms with Crippen LogP contribution in [0.4, 0.5) is 0 Å². The van der Waals surface area contributed by atoms with Crippen molar-refractivity contribution in [1.29, 1.82) is 0 Å². The fraction of sp³-hybridized carbons (Fsp3) is 0.583. The summed E-state index contributed by atoms with van der Waals surface area (Å²) in [5.41, 5.74) is 2.66. The Morgan fingerprint density at radius 2 is 2.41 bits per heavy atom. The molecule has 2 heterocycles. The van der Waals surface area contributed by atoms with E-state index < -0.39 is 0 Å². The van der Waals surface area contributed by atoms with E-state index in [0.717, 1.165) is 6.54 Å². The van der Waals surface area contributed by atoms with Crippen LogP contribution in [0.25, 0.3) is 0 Å². The first-order valence-corrected chi connectivity index (χ1v) is 5.93. The molecule has 0 bridgehead atoms. The molecule has 3 N–H and O–H groups in total. The quantitative estimate of drug-likeness (QED) is 0.469. The number of likely N-dealkylation sites (tertiary alicyclic amines) is 1. The SMILES string of the molecule is CC1CC(C)N(Cc2occc2C(=O)NN)C1. The predicted molar refractivity (Wildman–Crippen MR) is 64.0 cm³/mol. The number of carbonyl (C=O) groups excluding carboxylic acids is 1. The van der Waals surface area contributed by atoms with Crippen molar-refractivity contribution in [2.45, 2.75) is 32.9 Å². The zero-order valence-electron chi connectivity index (χ0n) is 10.3. The maximum absolute atomic E-state index is 11.5. The second-order valence-corrected chi connectivity index (χ2v) is 4.85. The van der Waals surface area contributed by atoms with Crippen LogP contribution in [0.3, 0.4) is 0 Å². The predicted octanol–water partition coefficient (Wildman–Crippen LogP) is 1.11. The van der Waals surface area contributed by atoms with E-state index >= 15 is 0 Å². The normalized spacial score (nSPS) is 25.1. The molecule has 1 aliphatic rings. The molecule has 17 heavy (non-hydrogen) atoms. The van der Waals surface area contributed by atoms with E-state index in [1.54, 1.807) is 6.07 Å². The van der Waals surface area contributed by atoms with Gasteiger partial charge in [-0.05, 0) is 25.3 Å². The molecule has 0 aliphatic carbocycles. The highest BCUT2D eigenvalue weighted by atomic mass is 16.3. The molecule has 0 aromatic carbocycles. The third-order valence-corrected chi connectivity index (χ3v) is 3.38. The van der Waals surface area contributed by atoms with Gasteiger partial charge >= 0.3 is 0 Å². The van der Waals surface area contributed by atoms with Crippen LogP contribution in [0.2, 0.25) is 0 Å². The summed E-state index contributed by atoms with van der Waals surface area (Å²) in [4.78, 5) is 13.8. The number of hydrogen-bond donors (Lipinski definition) is 2. The standard InChI is InChI=1S/C12H19N3O2/c1-8-5-9(2)15(6-8)7-11-10(3-4-17-11)12(16)14-13/h3-4,8-9H,5-7,13H2,1-2H3,(H,14,16). The van der Waals surface area contributed by atoms with Gasteiger partial charge in [0.05, 0.1) is 18.4 Å². The first-order valence-electron chi connectivity index (χ1n) is 5.93. The third kappa shape index (κ3) is 2.50. The Bertz CT molecular complexity index is 402. The Morgan fingerprint density at radius 3 is 3.00 bits per heavy atom. The maximum Gasteiger partial charge on any atom is 0.268 e. The molecule has 1 saturated heterocycles. The number of nitrogens with two attached hydrogens (primary N) is 1. The van der Waals surface area contributed by atoms with Gasteiger partial charge in [-0.1, -0.05) is 6.92 Å². The van der Waals surface area contributed by atoms with Crippen LogP contribution >= 0.6 is 0 Å². The zero-order chi connectivity index (χ0) is 12.4. The molecule has 1 aliphatic heterocycles. The van der Waals surface area contributed by atoms with Crippen molar-refractivity contribution < 1.29 is 9.21 Å². The molecule has 2 rings (SSSR count). The van der Waals surface area contributed by atoms with Crippen molar-refractivity contribution in [2.24, 2.45) is 11.8 Å². The van der Waals surface area contributed by atoms with Gasteiger partial charge in [-0.25, -0.2) is 5.84 Å². The Balaban J connectivity index is 2.09. The number of carbonyl (C=O) groups is 1. The van der Waals surface area contributed by atoms with E-state index in [0.29, 0.717) is 29.8 Å². The molecule has 0 saturated carbocycles. The smallest absolute Gasteiger partial charge is 0.268 e. The Hall–Kier alpha value is -1.33. The third-order valence-electron chi connectivity index (χ3n) is 3.38. The summed E-state index contributed by atoms with van der Waals surface area (Å²) in [6.45, 7) is 6.16. The van der Waals surface area contributed by atoms with E-state index in [2.05, 4.69) is 24.2 Å². The second kappa shape index (κ2) is 4.89. The Kier molecular flexibility index (Phi) is 3.49. The first kappa shape index (κ1) is 12.1. The van der Waals surface area contributed by atoms with Gasteiger partial charge in [0.15, 0.2) is 0 Å². The number of hydrogen-bond acceptors (Lipinski definition) is 4. The topological polar surface area (TPSA) is 71.5 Å². The van der Waals surface area contributed by atoms with Crippen molar-refractivity contribution in [3.05, 3.63) is 23.7 Å². The minimum Gasteiger partial charge on any atom is -0.467 e. The number of furan rings is 1. The van der Waals surface area contributed by atoms with Crippen molar-refractivity contribution in [1.82, 2.24) is 10.3 Å². The number of nitrogens with one attached hydrogen (secondary N) is 1. The van der Waals surface area contributed by atoms with Crippen LogP contribution in [0, 0.1) is 5.92 Å². The molecule has 1 fully saturated rings. The highest BCUT2D eigenvalue weighted by molar-refractivity contribution is 5.94. The monoisotopic (exact) mass is 237 g/mol. The lowest BCUT2D eigenvalue weighted by molar-refractivity contribution is 0.0949. The molecule has 1 aromatic heterocycles. The number of nitrogens with zero attached hydrogens (tertiary/aromatic N) is 1. The minimum absolute atomic E-state index is 0.298. The highest BCUT2D eigenvalue weighted by Gasteiger charge is 2.28. The Labute approximate surface area is 101 Å². The lowest BCUT2D eigenvalue weighted by atomic mass is 10.1. The number of nitrogen functional groups attached to an aromatic ring is 1. The average molecular weight is 237 g/mol. The fourth-order valence-electron chi connectivity index (χ4n) is 2.53. The van der Waals surface area contributed by atoms with Crippen molar-refractivity contribution in [3.8, 4) is 0 Å². The van der Waals surface area contributed by atoms with E-state index in [1.807, 2.05) is 0 Å². The molecule has 2 atom stereocenters. The van der Waals surface area contributed by atoms with Crippen LogP contribution in [-0.2, 0) is 6.54 Å². The molecular weight excluding hydrogens is 218 g/mol. The molecule has 1 amide bonds.